The van der Waals surface area contributed by atoms with Crippen LogP contribution in [0.4, 0.5) is 0 Å². The molecule has 0 rings (SSSR count). The summed E-state index contributed by atoms with van der Waals surface area (Å²) in [5.41, 5.74) is 0. The van der Waals surface area contributed by atoms with Crippen molar-refractivity contribution in [2.45, 2.75) is 53.2 Å². The first-order valence-electron chi connectivity index (χ1n) is 6.46. The maximum atomic E-state index is 9.70. The molecule has 3 heteroatoms. The molecular weight excluding hydrogens is 202 g/mol. The Bertz CT molecular complexity index is 160. The van der Waals surface area contributed by atoms with Crippen LogP contribution in [0.3, 0.4) is 0 Å². The van der Waals surface area contributed by atoms with E-state index in [1.54, 1.807) is 0 Å². The average molecular weight is 231 g/mol. The lowest BCUT2D eigenvalue weighted by Crippen LogP contribution is -2.40. The molecule has 2 atom stereocenters. The Morgan fingerprint density at radius 1 is 1.12 bits per heavy atom. The molecule has 0 aliphatic rings. The highest BCUT2D eigenvalue weighted by molar-refractivity contribution is 4.70. The van der Waals surface area contributed by atoms with E-state index >= 15 is 0 Å². The molecule has 0 aromatic heterocycles. The van der Waals surface area contributed by atoms with E-state index in [-0.39, 0.29) is 0 Å². The SMILES string of the molecule is CCC(NCC(O)COCC(C)C)C(C)C. The number of aliphatic hydroxyl groups excluding tert-OH is 1. The molecule has 16 heavy (non-hydrogen) atoms. The molecule has 0 aliphatic heterocycles. The van der Waals surface area contributed by atoms with Gasteiger partial charge in [0.25, 0.3) is 0 Å². The van der Waals surface area contributed by atoms with Gasteiger partial charge in [-0.3, -0.25) is 0 Å². The van der Waals surface area contributed by atoms with E-state index in [1.165, 1.54) is 0 Å². The van der Waals surface area contributed by atoms with Crippen molar-refractivity contribution in [1.82, 2.24) is 5.32 Å². The molecule has 0 aliphatic carbocycles. The van der Waals surface area contributed by atoms with Crippen molar-refractivity contribution in [3.63, 3.8) is 0 Å². The summed E-state index contributed by atoms with van der Waals surface area (Å²) in [7, 11) is 0. The Morgan fingerprint density at radius 3 is 2.19 bits per heavy atom. The standard InChI is InChI=1S/C13H29NO2/c1-6-13(11(4)5)14-7-12(15)9-16-8-10(2)3/h10-15H,6-9H2,1-5H3. The van der Waals surface area contributed by atoms with Crippen molar-refractivity contribution in [1.29, 1.82) is 0 Å². The topological polar surface area (TPSA) is 41.5 Å². The van der Waals surface area contributed by atoms with Crippen LogP contribution in [0.25, 0.3) is 0 Å². The molecule has 98 valence electrons. The summed E-state index contributed by atoms with van der Waals surface area (Å²) in [5, 5.41) is 13.1. The molecule has 3 nitrogen and oxygen atoms in total. The Hall–Kier alpha value is -0.120. The minimum Gasteiger partial charge on any atom is -0.389 e. The van der Waals surface area contributed by atoms with Crippen molar-refractivity contribution in [3.8, 4) is 0 Å². The lowest BCUT2D eigenvalue weighted by Gasteiger charge is -2.22. The van der Waals surface area contributed by atoms with Crippen LogP contribution < -0.4 is 5.32 Å². The fraction of sp³-hybridized carbons (Fsp3) is 1.00. The van der Waals surface area contributed by atoms with E-state index in [2.05, 4.69) is 39.9 Å². The summed E-state index contributed by atoms with van der Waals surface area (Å²) < 4.78 is 5.39. The highest BCUT2D eigenvalue weighted by atomic mass is 16.5. The van der Waals surface area contributed by atoms with E-state index in [0.29, 0.717) is 31.0 Å². The second-order valence-corrected chi connectivity index (χ2v) is 5.25. The highest BCUT2D eigenvalue weighted by Crippen LogP contribution is 2.05. The van der Waals surface area contributed by atoms with Gasteiger partial charge in [-0.25, -0.2) is 0 Å². The zero-order valence-electron chi connectivity index (χ0n) is 11.5. The molecule has 2 N–H and O–H groups in total. The van der Waals surface area contributed by atoms with E-state index in [9.17, 15) is 5.11 Å². The fourth-order valence-electron chi connectivity index (χ4n) is 1.64. The first kappa shape index (κ1) is 15.9. The van der Waals surface area contributed by atoms with Gasteiger partial charge in [0.1, 0.15) is 0 Å². The van der Waals surface area contributed by atoms with Crippen LogP contribution in [0.15, 0.2) is 0 Å². The maximum absolute atomic E-state index is 9.70. The smallest absolute Gasteiger partial charge is 0.0897 e. The number of rotatable bonds is 9. The third-order valence-electron chi connectivity index (χ3n) is 2.62. The van der Waals surface area contributed by atoms with Crippen LogP contribution >= 0.6 is 0 Å². The second kappa shape index (κ2) is 8.97. The minimum absolute atomic E-state index is 0.397. The van der Waals surface area contributed by atoms with Gasteiger partial charge in [-0.05, 0) is 18.3 Å². The third-order valence-corrected chi connectivity index (χ3v) is 2.62. The quantitative estimate of drug-likeness (QED) is 0.638. The number of nitrogens with one attached hydrogen (secondary N) is 1. The fourth-order valence-corrected chi connectivity index (χ4v) is 1.64. The summed E-state index contributed by atoms with van der Waals surface area (Å²) >= 11 is 0. The average Bonchev–Trinajstić information content (AvgIpc) is 2.17. The molecule has 0 saturated carbocycles. The molecule has 0 aromatic carbocycles. The van der Waals surface area contributed by atoms with Crippen molar-refractivity contribution in [2.75, 3.05) is 19.8 Å². The van der Waals surface area contributed by atoms with Gasteiger partial charge in [-0.1, -0.05) is 34.6 Å². The second-order valence-electron chi connectivity index (χ2n) is 5.25. The van der Waals surface area contributed by atoms with Gasteiger partial charge in [0, 0.05) is 19.2 Å². The lowest BCUT2D eigenvalue weighted by atomic mass is 10.0. The Labute approximate surface area is 101 Å². The molecule has 0 fully saturated rings. The summed E-state index contributed by atoms with van der Waals surface area (Å²) in [5.74, 6) is 1.13. The molecule has 2 unspecified atom stereocenters. The molecule has 0 saturated heterocycles. The summed E-state index contributed by atoms with van der Waals surface area (Å²) in [6.07, 6.45) is 0.698. The number of hydrogen-bond acceptors (Lipinski definition) is 3. The molecule has 0 amide bonds. The first-order valence-corrected chi connectivity index (χ1v) is 6.46. The molecule has 0 aromatic rings. The van der Waals surface area contributed by atoms with Crippen LogP contribution in [0.1, 0.15) is 41.0 Å². The molecule has 0 heterocycles. The van der Waals surface area contributed by atoms with Crippen molar-refractivity contribution in [2.24, 2.45) is 11.8 Å². The largest absolute Gasteiger partial charge is 0.389 e. The zero-order valence-corrected chi connectivity index (χ0v) is 11.5. The van der Waals surface area contributed by atoms with E-state index < -0.39 is 6.10 Å². The van der Waals surface area contributed by atoms with Crippen LogP contribution in [-0.4, -0.2) is 37.0 Å². The predicted octanol–water partition coefficient (Wildman–Crippen LogP) is 2.04. The number of aliphatic hydroxyl groups is 1. The normalized spacial score (nSPS) is 15.8. The Balaban J connectivity index is 3.59. The monoisotopic (exact) mass is 231 g/mol. The van der Waals surface area contributed by atoms with Crippen molar-refractivity contribution in [3.05, 3.63) is 0 Å². The van der Waals surface area contributed by atoms with Crippen molar-refractivity contribution < 1.29 is 9.84 Å². The maximum Gasteiger partial charge on any atom is 0.0897 e. The zero-order chi connectivity index (χ0) is 12.6. The molecule has 0 radical (unpaired) electrons. The number of hydrogen-bond donors (Lipinski definition) is 2. The number of ether oxygens (including phenoxy) is 1. The highest BCUT2D eigenvalue weighted by Gasteiger charge is 2.12. The van der Waals surface area contributed by atoms with Gasteiger partial charge >= 0.3 is 0 Å². The summed E-state index contributed by atoms with van der Waals surface area (Å²) in [4.78, 5) is 0. The van der Waals surface area contributed by atoms with E-state index in [1.807, 2.05) is 0 Å². The molecule has 0 spiro atoms. The summed E-state index contributed by atoms with van der Waals surface area (Å²) in [6, 6.07) is 0.486. The van der Waals surface area contributed by atoms with Gasteiger partial charge in [0.15, 0.2) is 0 Å². The van der Waals surface area contributed by atoms with Gasteiger partial charge in [-0.15, -0.1) is 0 Å². The van der Waals surface area contributed by atoms with Crippen LogP contribution in [0.5, 0.6) is 0 Å². The summed E-state index contributed by atoms with van der Waals surface area (Å²) in [6.45, 7) is 12.5. The molecular formula is C13H29NO2. The Morgan fingerprint density at radius 2 is 1.75 bits per heavy atom. The van der Waals surface area contributed by atoms with Crippen LogP contribution in [0, 0.1) is 11.8 Å². The third kappa shape index (κ3) is 8.08. The van der Waals surface area contributed by atoms with Gasteiger partial charge in [-0.2, -0.15) is 0 Å². The van der Waals surface area contributed by atoms with E-state index in [4.69, 9.17) is 4.74 Å². The minimum atomic E-state index is -0.397. The Kier molecular flexibility index (Phi) is 8.90. The molecule has 0 bridgehead atoms. The lowest BCUT2D eigenvalue weighted by molar-refractivity contribution is 0.0242. The van der Waals surface area contributed by atoms with Gasteiger partial charge in [0.2, 0.25) is 0 Å². The van der Waals surface area contributed by atoms with Crippen molar-refractivity contribution >= 4 is 0 Å². The van der Waals surface area contributed by atoms with E-state index in [0.717, 1.165) is 13.0 Å². The van der Waals surface area contributed by atoms with Crippen LogP contribution in [-0.2, 0) is 4.74 Å². The van der Waals surface area contributed by atoms with Gasteiger partial charge in [0.05, 0.1) is 12.7 Å². The van der Waals surface area contributed by atoms with Gasteiger partial charge < -0.3 is 15.2 Å². The first-order chi connectivity index (χ1) is 7.47. The predicted molar refractivity (Wildman–Crippen MR) is 68.6 cm³/mol. The van der Waals surface area contributed by atoms with Crippen LogP contribution in [0.2, 0.25) is 0 Å².